The number of piperidine rings is 1. The summed E-state index contributed by atoms with van der Waals surface area (Å²) in [5.74, 6) is 1.18. The molecule has 0 spiro atoms. The van der Waals surface area contributed by atoms with Gasteiger partial charge < -0.3 is 20.3 Å². The topological polar surface area (TPSA) is 97.2 Å². The van der Waals surface area contributed by atoms with E-state index in [1.54, 1.807) is 11.0 Å². The number of urea groups is 1. The number of carbonyl (C=O) groups excluding carboxylic acids is 1. The minimum absolute atomic E-state index is 0.121. The molecule has 3 heterocycles. The maximum atomic E-state index is 12.4. The van der Waals surface area contributed by atoms with Gasteiger partial charge in [0.2, 0.25) is 5.88 Å². The third-order valence-corrected chi connectivity index (χ3v) is 4.54. The van der Waals surface area contributed by atoms with Crippen molar-refractivity contribution in [2.24, 2.45) is 0 Å². The quantitative estimate of drug-likeness (QED) is 0.705. The van der Waals surface area contributed by atoms with Gasteiger partial charge in [-0.05, 0) is 19.8 Å². The van der Waals surface area contributed by atoms with E-state index in [1.165, 1.54) is 18.7 Å². The highest BCUT2D eigenvalue weighted by Crippen LogP contribution is 2.18. The van der Waals surface area contributed by atoms with Gasteiger partial charge in [-0.3, -0.25) is 4.68 Å². The summed E-state index contributed by atoms with van der Waals surface area (Å²) in [6.45, 7) is 2.48. The van der Waals surface area contributed by atoms with Crippen LogP contribution in [-0.2, 0) is 13.1 Å². The number of alkyl halides is 3. The van der Waals surface area contributed by atoms with Crippen molar-refractivity contribution in [2.45, 2.75) is 45.1 Å². The molecule has 2 aromatic rings. The Balaban J connectivity index is 1.41. The fourth-order valence-electron chi connectivity index (χ4n) is 3.14. The molecule has 0 aliphatic carbocycles. The Labute approximate surface area is 171 Å². The molecule has 3 rings (SSSR count). The average molecular weight is 427 g/mol. The molecule has 1 fully saturated rings. The van der Waals surface area contributed by atoms with E-state index in [0.29, 0.717) is 37.0 Å². The fraction of sp³-hybridized carbons (Fsp3) is 0.556. The van der Waals surface area contributed by atoms with Crippen LogP contribution in [0.25, 0.3) is 0 Å². The number of ether oxygens (including phenoxy) is 1. The van der Waals surface area contributed by atoms with Gasteiger partial charge in [0.1, 0.15) is 18.7 Å². The Hall–Kier alpha value is -3.05. The molecule has 2 aromatic heterocycles. The van der Waals surface area contributed by atoms with Crippen molar-refractivity contribution in [1.82, 2.24) is 30.0 Å². The van der Waals surface area contributed by atoms with E-state index >= 15 is 0 Å². The lowest BCUT2D eigenvalue weighted by Crippen LogP contribution is -2.46. The highest BCUT2D eigenvalue weighted by molar-refractivity contribution is 5.74. The van der Waals surface area contributed by atoms with Crippen LogP contribution in [0.5, 0.6) is 5.88 Å². The van der Waals surface area contributed by atoms with Crippen LogP contribution in [-0.4, -0.2) is 62.6 Å². The molecule has 2 N–H and O–H groups in total. The second kappa shape index (κ2) is 9.63. The van der Waals surface area contributed by atoms with Crippen molar-refractivity contribution < 1.29 is 22.7 Å². The number of aromatic nitrogens is 4. The van der Waals surface area contributed by atoms with Crippen LogP contribution in [0, 0.1) is 0 Å². The molecule has 1 aliphatic rings. The molecule has 0 bridgehead atoms. The molecule has 164 valence electrons. The number of nitrogens with one attached hydrogen (secondary N) is 2. The molecule has 0 atom stereocenters. The third-order valence-electron chi connectivity index (χ3n) is 4.54. The summed E-state index contributed by atoms with van der Waals surface area (Å²) in [5.41, 5.74) is 0.512. The lowest BCUT2D eigenvalue weighted by molar-refractivity contribution is -0.142. The Kier molecular flexibility index (Phi) is 6.95. The Morgan fingerprint density at radius 2 is 2.07 bits per heavy atom. The van der Waals surface area contributed by atoms with Gasteiger partial charge in [-0.2, -0.15) is 18.3 Å². The van der Waals surface area contributed by atoms with E-state index in [9.17, 15) is 18.0 Å². The van der Waals surface area contributed by atoms with Crippen LogP contribution in [0.4, 0.5) is 23.8 Å². The zero-order chi connectivity index (χ0) is 21.6. The number of anilines is 1. The largest absolute Gasteiger partial charge is 0.478 e. The van der Waals surface area contributed by atoms with Gasteiger partial charge in [-0.1, -0.05) is 0 Å². The number of hydrogen-bond donors (Lipinski definition) is 2. The van der Waals surface area contributed by atoms with Crippen LogP contribution in [0.15, 0.2) is 24.8 Å². The summed E-state index contributed by atoms with van der Waals surface area (Å²) in [6, 6.07) is 1.65. The van der Waals surface area contributed by atoms with Crippen LogP contribution in [0.2, 0.25) is 0 Å². The number of amides is 2. The summed E-state index contributed by atoms with van der Waals surface area (Å²) in [5, 5.41) is 9.72. The van der Waals surface area contributed by atoms with Gasteiger partial charge in [0.25, 0.3) is 0 Å². The first-order chi connectivity index (χ1) is 14.3. The van der Waals surface area contributed by atoms with Crippen molar-refractivity contribution in [2.75, 3.05) is 25.0 Å². The predicted octanol–water partition coefficient (Wildman–Crippen LogP) is 2.42. The smallest absolute Gasteiger partial charge is 0.408 e. The van der Waals surface area contributed by atoms with Crippen molar-refractivity contribution in [3.63, 3.8) is 0 Å². The number of hydrogen-bond acceptors (Lipinski definition) is 6. The molecule has 30 heavy (non-hydrogen) atoms. The molecule has 1 aliphatic heterocycles. The minimum Gasteiger partial charge on any atom is -0.478 e. The molecular formula is C18H24F3N7O2. The molecule has 0 saturated carbocycles. The summed E-state index contributed by atoms with van der Waals surface area (Å²) in [4.78, 5) is 22.2. The molecule has 0 aromatic carbocycles. The molecule has 0 unspecified atom stereocenters. The summed E-state index contributed by atoms with van der Waals surface area (Å²) < 4.78 is 43.3. The number of carbonyl (C=O) groups is 1. The van der Waals surface area contributed by atoms with Gasteiger partial charge in [0.15, 0.2) is 0 Å². The summed E-state index contributed by atoms with van der Waals surface area (Å²) >= 11 is 0. The number of halogens is 3. The highest BCUT2D eigenvalue weighted by atomic mass is 19.4. The van der Waals surface area contributed by atoms with E-state index in [0.717, 1.165) is 17.5 Å². The van der Waals surface area contributed by atoms with Crippen molar-refractivity contribution in [3.8, 4) is 5.88 Å². The summed E-state index contributed by atoms with van der Waals surface area (Å²) in [7, 11) is 0. The minimum atomic E-state index is -4.33. The standard InChI is InChI=1S/C18H24F3N7O2/c1-2-30-16-7-15(23-12-24-16)26-14-3-5-27(6-4-14)17(29)22-8-13-9-25-28(10-13)11-18(19,20)21/h7,9-10,12,14H,2-6,8,11H2,1H3,(H,22,29)(H,23,24,26). The lowest BCUT2D eigenvalue weighted by Gasteiger charge is -2.32. The van der Waals surface area contributed by atoms with Crippen LogP contribution in [0.1, 0.15) is 25.3 Å². The number of nitrogens with zero attached hydrogens (tertiary/aromatic N) is 5. The molecule has 2 amide bonds. The van der Waals surface area contributed by atoms with Crippen molar-refractivity contribution >= 4 is 11.8 Å². The van der Waals surface area contributed by atoms with E-state index in [-0.39, 0.29) is 18.6 Å². The number of rotatable bonds is 7. The van der Waals surface area contributed by atoms with Gasteiger partial charge in [-0.25, -0.2) is 14.8 Å². The maximum absolute atomic E-state index is 12.4. The van der Waals surface area contributed by atoms with Gasteiger partial charge in [0.05, 0.1) is 12.8 Å². The second-order valence-corrected chi connectivity index (χ2v) is 6.90. The van der Waals surface area contributed by atoms with Gasteiger partial charge >= 0.3 is 12.2 Å². The second-order valence-electron chi connectivity index (χ2n) is 6.90. The fourth-order valence-corrected chi connectivity index (χ4v) is 3.14. The Morgan fingerprint density at radius 3 is 2.77 bits per heavy atom. The molecule has 1 saturated heterocycles. The zero-order valence-electron chi connectivity index (χ0n) is 16.5. The first-order valence-electron chi connectivity index (χ1n) is 9.64. The SMILES string of the molecule is CCOc1cc(NC2CCN(C(=O)NCc3cnn(CC(F)(F)F)c3)CC2)ncn1. The van der Waals surface area contributed by atoms with E-state index in [1.807, 2.05) is 6.92 Å². The first-order valence-corrected chi connectivity index (χ1v) is 9.64. The molecule has 12 heteroatoms. The van der Waals surface area contributed by atoms with Crippen molar-refractivity contribution in [3.05, 3.63) is 30.4 Å². The molecule has 0 radical (unpaired) electrons. The van der Waals surface area contributed by atoms with Gasteiger partial charge in [-0.15, -0.1) is 0 Å². The monoisotopic (exact) mass is 427 g/mol. The van der Waals surface area contributed by atoms with E-state index < -0.39 is 12.7 Å². The van der Waals surface area contributed by atoms with E-state index in [4.69, 9.17) is 4.74 Å². The molecule has 9 nitrogen and oxygen atoms in total. The normalized spacial score (nSPS) is 15.1. The highest BCUT2D eigenvalue weighted by Gasteiger charge is 2.28. The summed E-state index contributed by atoms with van der Waals surface area (Å²) in [6.07, 6.45) is 1.19. The Bertz CT molecular complexity index is 835. The van der Waals surface area contributed by atoms with Crippen molar-refractivity contribution in [1.29, 1.82) is 0 Å². The number of likely N-dealkylation sites (tertiary alicyclic amines) is 1. The predicted molar refractivity (Wildman–Crippen MR) is 102 cm³/mol. The van der Waals surface area contributed by atoms with E-state index in [2.05, 4.69) is 25.7 Å². The maximum Gasteiger partial charge on any atom is 0.408 e. The van der Waals surface area contributed by atoms with Crippen LogP contribution in [0.3, 0.4) is 0 Å². The van der Waals surface area contributed by atoms with Crippen LogP contribution >= 0.6 is 0 Å². The van der Waals surface area contributed by atoms with Crippen LogP contribution < -0.4 is 15.4 Å². The average Bonchev–Trinajstić information content (AvgIpc) is 3.13. The van der Waals surface area contributed by atoms with Gasteiger partial charge in [0, 0.05) is 43.5 Å². The zero-order valence-corrected chi connectivity index (χ0v) is 16.5. The third kappa shape index (κ3) is 6.49. The molecular weight excluding hydrogens is 403 g/mol. The Morgan fingerprint density at radius 1 is 1.30 bits per heavy atom. The lowest BCUT2D eigenvalue weighted by atomic mass is 10.1. The first kappa shape index (κ1) is 21.7.